The van der Waals surface area contributed by atoms with E-state index in [1.165, 1.54) is 5.56 Å². The number of ether oxygens (including phenoxy) is 1. The molecule has 0 bridgehead atoms. The summed E-state index contributed by atoms with van der Waals surface area (Å²) in [4.78, 5) is 13.9. The van der Waals surface area contributed by atoms with Crippen molar-refractivity contribution in [3.8, 4) is 6.07 Å². The van der Waals surface area contributed by atoms with Crippen molar-refractivity contribution in [2.24, 2.45) is 0 Å². The second kappa shape index (κ2) is 6.25. The van der Waals surface area contributed by atoms with Crippen molar-refractivity contribution >= 4 is 11.7 Å². The molecule has 0 atom stereocenters. The highest BCUT2D eigenvalue weighted by Gasteiger charge is 2.23. The van der Waals surface area contributed by atoms with Gasteiger partial charge >= 0.3 is 5.97 Å². The van der Waals surface area contributed by atoms with E-state index in [0.717, 1.165) is 25.1 Å². The number of nitrogens with zero attached hydrogens (tertiary/aromatic N) is 2. The summed E-state index contributed by atoms with van der Waals surface area (Å²) in [6.07, 6.45) is 2.04. The minimum Gasteiger partial charge on any atom is -0.462 e. The molecular formula is C16H18N2O2. The maximum Gasteiger partial charge on any atom is 0.350 e. The Morgan fingerprint density at radius 3 is 2.90 bits per heavy atom. The summed E-state index contributed by atoms with van der Waals surface area (Å²) in [5.41, 5.74) is 3.08. The number of aryl methyl sites for hydroxylation is 1. The number of allylic oxidation sites excluding steroid dienone is 1. The number of carbonyl (C=O) groups is 1. The van der Waals surface area contributed by atoms with Crippen LogP contribution in [0.3, 0.4) is 0 Å². The lowest BCUT2D eigenvalue weighted by Gasteiger charge is -2.32. The second-order valence-corrected chi connectivity index (χ2v) is 4.68. The SMILES string of the molecule is CCOC(=O)/C(C#N)=C(/C)N1CCCc2ccccc21. The zero-order valence-corrected chi connectivity index (χ0v) is 11.8. The van der Waals surface area contributed by atoms with Crippen molar-refractivity contribution in [2.45, 2.75) is 26.7 Å². The fraction of sp³-hybridized carbons (Fsp3) is 0.375. The van der Waals surface area contributed by atoms with Crippen LogP contribution < -0.4 is 4.90 Å². The molecule has 1 aromatic rings. The van der Waals surface area contributed by atoms with Gasteiger partial charge in [0.1, 0.15) is 6.07 Å². The van der Waals surface area contributed by atoms with Gasteiger partial charge in [-0.15, -0.1) is 0 Å². The number of fused-ring (bicyclic) bond motifs is 1. The average molecular weight is 270 g/mol. The average Bonchev–Trinajstić information content (AvgIpc) is 2.47. The Balaban J connectivity index is 2.41. The lowest BCUT2D eigenvalue weighted by molar-refractivity contribution is -0.138. The summed E-state index contributed by atoms with van der Waals surface area (Å²) in [5, 5.41) is 9.24. The van der Waals surface area contributed by atoms with E-state index in [2.05, 4.69) is 6.07 Å². The molecule has 0 unspecified atom stereocenters. The molecule has 0 saturated carbocycles. The first kappa shape index (κ1) is 14.1. The second-order valence-electron chi connectivity index (χ2n) is 4.68. The van der Waals surface area contributed by atoms with E-state index in [1.54, 1.807) is 13.8 Å². The highest BCUT2D eigenvalue weighted by molar-refractivity contribution is 5.94. The van der Waals surface area contributed by atoms with Gasteiger partial charge in [0.25, 0.3) is 0 Å². The number of hydrogen-bond donors (Lipinski definition) is 0. The number of nitriles is 1. The molecule has 4 nitrogen and oxygen atoms in total. The Morgan fingerprint density at radius 2 is 2.20 bits per heavy atom. The minimum atomic E-state index is -0.546. The van der Waals surface area contributed by atoms with Crippen LogP contribution in [0.4, 0.5) is 5.69 Å². The van der Waals surface area contributed by atoms with Crippen molar-refractivity contribution < 1.29 is 9.53 Å². The minimum absolute atomic E-state index is 0.0866. The van der Waals surface area contributed by atoms with Gasteiger partial charge in [-0.05, 0) is 38.3 Å². The molecule has 0 radical (unpaired) electrons. The van der Waals surface area contributed by atoms with Gasteiger partial charge in [-0.2, -0.15) is 5.26 Å². The van der Waals surface area contributed by atoms with Crippen molar-refractivity contribution in [1.82, 2.24) is 0 Å². The van der Waals surface area contributed by atoms with Crippen molar-refractivity contribution in [3.63, 3.8) is 0 Å². The van der Waals surface area contributed by atoms with Gasteiger partial charge in [0.05, 0.1) is 6.61 Å². The molecule has 4 heteroatoms. The quantitative estimate of drug-likeness (QED) is 0.481. The van der Waals surface area contributed by atoms with Gasteiger partial charge in [-0.25, -0.2) is 4.79 Å². The molecular weight excluding hydrogens is 252 g/mol. The molecule has 2 rings (SSSR count). The summed E-state index contributed by atoms with van der Waals surface area (Å²) in [6.45, 7) is 4.62. The van der Waals surface area contributed by atoms with E-state index in [0.29, 0.717) is 5.70 Å². The lowest BCUT2D eigenvalue weighted by atomic mass is 10.0. The van der Waals surface area contributed by atoms with E-state index in [9.17, 15) is 10.1 Å². The molecule has 1 heterocycles. The van der Waals surface area contributed by atoms with Crippen LogP contribution in [0.5, 0.6) is 0 Å². The third-order valence-corrected chi connectivity index (χ3v) is 3.47. The van der Waals surface area contributed by atoms with Crippen LogP contribution >= 0.6 is 0 Å². The maximum atomic E-state index is 11.8. The number of esters is 1. The predicted octanol–water partition coefficient (Wildman–Crippen LogP) is 2.80. The Hall–Kier alpha value is -2.28. The smallest absolute Gasteiger partial charge is 0.350 e. The third-order valence-electron chi connectivity index (χ3n) is 3.47. The van der Waals surface area contributed by atoms with E-state index in [-0.39, 0.29) is 12.2 Å². The number of benzene rings is 1. The topological polar surface area (TPSA) is 53.3 Å². The molecule has 0 aromatic heterocycles. The molecule has 0 saturated heterocycles. The first-order chi connectivity index (χ1) is 9.69. The fourth-order valence-electron chi connectivity index (χ4n) is 2.49. The number of hydrogen-bond acceptors (Lipinski definition) is 4. The van der Waals surface area contributed by atoms with Crippen LogP contribution in [0.25, 0.3) is 0 Å². The molecule has 1 aromatic carbocycles. The normalized spacial score (nSPS) is 14.9. The zero-order chi connectivity index (χ0) is 14.5. The number of carbonyl (C=O) groups excluding carboxylic acids is 1. The Bertz CT molecular complexity index is 584. The summed E-state index contributed by atoms with van der Waals surface area (Å²) >= 11 is 0. The Labute approximate surface area is 119 Å². The van der Waals surface area contributed by atoms with Crippen LogP contribution in [-0.4, -0.2) is 19.1 Å². The van der Waals surface area contributed by atoms with Crippen molar-refractivity contribution in [1.29, 1.82) is 5.26 Å². The molecule has 0 aliphatic carbocycles. The van der Waals surface area contributed by atoms with Crippen molar-refractivity contribution in [2.75, 3.05) is 18.1 Å². The summed E-state index contributed by atoms with van der Waals surface area (Å²) in [6, 6.07) is 10.1. The van der Waals surface area contributed by atoms with Gasteiger partial charge in [-0.1, -0.05) is 18.2 Å². The van der Waals surface area contributed by atoms with Crippen LogP contribution in [-0.2, 0) is 16.0 Å². The lowest BCUT2D eigenvalue weighted by Crippen LogP contribution is -2.29. The Morgan fingerprint density at radius 1 is 1.45 bits per heavy atom. The van der Waals surface area contributed by atoms with Crippen LogP contribution in [0, 0.1) is 11.3 Å². The highest BCUT2D eigenvalue weighted by atomic mass is 16.5. The summed E-state index contributed by atoms with van der Waals surface area (Å²) < 4.78 is 4.95. The molecule has 0 fully saturated rings. The first-order valence-corrected chi connectivity index (χ1v) is 6.82. The largest absolute Gasteiger partial charge is 0.462 e. The van der Waals surface area contributed by atoms with E-state index in [4.69, 9.17) is 4.74 Å². The predicted molar refractivity (Wildman–Crippen MR) is 77.1 cm³/mol. The zero-order valence-electron chi connectivity index (χ0n) is 11.8. The number of para-hydroxylation sites is 1. The third kappa shape index (κ3) is 2.67. The summed E-state index contributed by atoms with van der Waals surface area (Å²) in [7, 11) is 0. The molecule has 0 amide bonds. The first-order valence-electron chi connectivity index (χ1n) is 6.82. The molecule has 0 N–H and O–H groups in total. The maximum absolute atomic E-state index is 11.8. The van der Waals surface area contributed by atoms with E-state index < -0.39 is 5.97 Å². The Kier molecular flexibility index (Phi) is 4.41. The monoisotopic (exact) mass is 270 g/mol. The van der Waals surface area contributed by atoms with Gasteiger partial charge in [-0.3, -0.25) is 0 Å². The molecule has 104 valence electrons. The highest BCUT2D eigenvalue weighted by Crippen LogP contribution is 2.30. The number of rotatable bonds is 3. The fourth-order valence-corrected chi connectivity index (χ4v) is 2.49. The van der Waals surface area contributed by atoms with Crippen LogP contribution in [0.15, 0.2) is 35.5 Å². The molecule has 20 heavy (non-hydrogen) atoms. The van der Waals surface area contributed by atoms with Gasteiger partial charge in [0.15, 0.2) is 5.57 Å². The molecule has 1 aliphatic rings. The van der Waals surface area contributed by atoms with Crippen LogP contribution in [0.2, 0.25) is 0 Å². The molecule has 0 spiro atoms. The molecule has 1 aliphatic heterocycles. The standard InChI is InChI=1S/C16H18N2O2/c1-3-20-16(19)14(11-17)12(2)18-10-6-8-13-7-4-5-9-15(13)18/h4-5,7,9H,3,6,8,10H2,1-2H3/b14-12-. The van der Waals surface area contributed by atoms with Crippen molar-refractivity contribution in [3.05, 3.63) is 41.1 Å². The van der Waals surface area contributed by atoms with E-state index >= 15 is 0 Å². The van der Waals surface area contributed by atoms with Gasteiger partial charge < -0.3 is 9.64 Å². The van der Waals surface area contributed by atoms with E-state index in [1.807, 2.05) is 29.2 Å². The van der Waals surface area contributed by atoms with Gasteiger partial charge in [0.2, 0.25) is 0 Å². The van der Waals surface area contributed by atoms with Gasteiger partial charge in [0, 0.05) is 17.9 Å². The number of anilines is 1. The summed E-state index contributed by atoms with van der Waals surface area (Å²) in [5.74, 6) is -0.546. The van der Waals surface area contributed by atoms with Crippen LogP contribution in [0.1, 0.15) is 25.8 Å².